The first-order chi connectivity index (χ1) is 12.2. The highest BCUT2D eigenvalue weighted by Crippen LogP contribution is 2.39. The van der Waals surface area contributed by atoms with E-state index in [1.165, 1.54) is 41.3 Å². The number of likely N-dealkylation sites (N-methyl/N-ethyl adjacent to an activating group) is 1. The summed E-state index contributed by atoms with van der Waals surface area (Å²) in [7, 11) is 2.24. The number of nitrogens with zero attached hydrogens (tertiary/aromatic N) is 3. The van der Waals surface area contributed by atoms with E-state index in [4.69, 9.17) is 0 Å². The van der Waals surface area contributed by atoms with Crippen LogP contribution in [-0.4, -0.2) is 28.0 Å². The minimum absolute atomic E-state index is 0.579. The maximum atomic E-state index is 4.21. The van der Waals surface area contributed by atoms with Gasteiger partial charge in [-0.3, -0.25) is 4.98 Å². The molecule has 4 heterocycles. The molecule has 0 spiro atoms. The monoisotopic (exact) mass is 331 g/mol. The molecular formula is C22H25N3. The van der Waals surface area contributed by atoms with E-state index in [0.717, 1.165) is 19.6 Å². The Balaban J connectivity index is 1.71. The average molecular weight is 331 g/mol. The number of fused-ring (bicyclic) bond motifs is 3. The molecule has 3 nitrogen and oxygen atoms in total. The van der Waals surface area contributed by atoms with Gasteiger partial charge in [0, 0.05) is 55.4 Å². The summed E-state index contributed by atoms with van der Waals surface area (Å²) in [5.41, 5.74) is 9.05. The van der Waals surface area contributed by atoms with Crippen molar-refractivity contribution >= 4 is 10.9 Å². The summed E-state index contributed by atoms with van der Waals surface area (Å²) in [4.78, 5) is 6.67. The smallest absolute Gasteiger partial charge is 0.0518 e. The molecule has 0 saturated carbocycles. The summed E-state index contributed by atoms with van der Waals surface area (Å²) >= 11 is 0. The topological polar surface area (TPSA) is 21.1 Å². The number of hydrogen-bond donors (Lipinski definition) is 0. The molecule has 1 unspecified atom stereocenters. The van der Waals surface area contributed by atoms with Crippen molar-refractivity contribution in [3.05, 3.63) is 64.6 Å². The van der Waals surface area contributed by atoms with Gasteiger partial charge in [-0.25, -0.2) is 0 Å². The lowest BCUT2D eigenvalue weighted by molar-refractivity contribution is 0.308. The zero-order valence-electron chi connectivity index (χ0n) is 15.1. The fourth-order valence-electron chi connectivity index (χ4n) is 4.91. The van der Waals surface area contributed by atoms with E-state index in [0.29, 0.717) is 5.92 Å². The molecule has 2 aliphatic heterocycles. The van der Waals surface area contributed by atoms with Crippen molar-refractivity contribution < 1.29 is 0 Å². The maximum absolute atomic E-state index is 4.21. The normalized spacial score (nSPS) is 20.5. The van der Waals surface area contributed by atoms with Crippen molar-refractivity contribution in [1.29, 1.82) is 0 Å². The van der Waals surface area contributed by atoms with E-state index in [1.54, 1.807) is 16.8 Å². The minimum atomic E-state index is 0.579. The molecule has 2 aliphatic rings. The van der Waals surface area contributed by atoms with Crippen LogP contribution in [0.4, 0.5) is 0 Å². The van der Waals surface area contributed by atoms with Crippen LogP contribution in [0.5, 0.6) is 0 Å². The van der Waals surface area contributed by atoms with E-state index < -0.39 is 0 Å². The van der Waals surface area contributed by atoms with Crippen molar-refractivity contribution in [1.82, 2.24) is 14.5 Å². The molecule has 1 aromatic carbocycles. The number of aromatic nitrogens is 2. The summed E-state index contributed by atoms with van der Waals surface area (Å²) in [6.07, 6.45) is 7.44. The Morgan fingerprint density at radius 1 is 1.12 bits per heavy atom. The number of benzene rings is 1. The van der Waals surface area contributed by atoms with Crippen molar-refractivity contribution in [2.24, 2.45) is 0 Å². The molecule has 5 rings (SSSR count). The fraction of sp³-hybridized carbons (Fsp3) is 0.409. The lowest BCUT2D eigenvalue weighted by Crippen LogP contribution is -2.27. The van der Waals surface area contributed by atoms with Crippen LogP contribution >= 0.6 is 0 Å². The van der Waals surface area contributed by atoms with E-state index in [2.05, 4.69) is 52.7 Å². The summed E-state index contributed by atoms with van der Waals surface area (Å²) in [5, 5.41) is 1.51. The molecular weight excluding hydrogens is 306 g/mol. The van der Waals surface area contributed by atoms with E-state index >= 15 is 0 Å². The average Bonchev–Trinajstić information content (AvgIpc) is 2.79. The molecule has 2 aromatic heterocycles. The van der Waals surface area contributed by atoms with Crippen LogP contribution in [0, 0.1) is 6.92 Å². The Labute approximate surface area is 149 Å². The zero-order valence-corrected chi connectivity index (χ0v) is 15.1. The van der Waals surface area contributed by atoms with E-state index in [-0.39, 0.29) is 0 Å². The fourth-order valence-corrected chi connectivity index (χ4v) is 4.91. The molecule has 25 heavy (non-hydrogen) atoms. The summed E-state index contributed by atoms with van der Waals surface area (Å²) in [6, 6.07) is 9.24. The SMILES string of the molecule is Cc1cc2c3c(c1)c1c(n3CC(c3ccncc3)CC2)CCN(C)C1. The predicted octanol–water partition coefficient (Wildman–Crippen LogP) is 4.06. The van der Waals surface area contributed by atoms with Crippen LogP contribution in [0.15, 0.2) is 36.7 Å². The molecule has 3 heteroatoms. The first-order valence-electron chi connectivity index (χ1n) is 9.42. The molecule has 0 amide bonds. The van der Waals surface area contributed by atoms with E-state index in [9.17, 15) is 0 Å². The molecule has 0 fully saturated rings. The molecule has 0 saturated heterocycles. The van der Waals surface area contributed by atoms with Crippen LogP contribution in [0.3, 0.4) is 0 Å². The Bertz CT molecular complexity index is 939. The highest BCUT2D eigenvalue weighted by atomic mass is 15.1. The van der Waals surface area contributed by atoms with Gasteiger partial charge in [-0.2, -0.15) is 0 Å². The van der Waals surface area contributed by atoms with Gasteiger partial charge in [-0.1, -0.05) is 11.6 Å². The van der Waals surface area contributed by atoms with Gasteiger partial charge in [-0.05, 0) is 61.7 Å². The summed E-state index contributed by atoms with van der Waals surface area (Å²) in [5.74, 6) is 0.579. The largest absolute Gasteiger partial charge is 0.343 e. The molecule has 0 aliphatic carbocycles. The van der Waals surface area contributed by atoms with Gasteiger partial charge >= 0.3 is 0 Å². The third kappa shape index (κ3) is 2.41. The standard InChI is InChI=1S/C22H25N3/c1-15-11-17-3-4-18(16-5-8-23-9-6-16)13-25-21-7-10-24(2)14-20(21)19(12-15)22(17)25/h5-6,8-9,11-12,18H,3-4,7,10,13-14H2,1-2H3. The Hall–Kier alpha value is -2.13. The third-order valence-corrected chi connectivity index (χ3v) is 6.10. The van der Waals surface area contributed by atoms with Crippen molar-refractivity contribution in [2.75, 3.05) is 13.6 Å². The number of rotatable bonds is 1. The van der Waals surface area contributed by atoms with Gasteiger partial charge in [-0.15, -0.1) is 0 Å². The first-order valence-corrected chi connectivity index (χ1v) is 9.42. The minimum Gasteiger partial charge on any atom is -0.343 e. The highest BCUT2D eigenvalue weighted by molar-refractivity contribution is 5.89. The molecule has 0 bridgehead atoms. The van der Waals surface area contributed by atoms with Crippen molar-refractivity contribution in [2.45, 2.75) is 45.2 Å². The van der Waals surface area contributed by atoms with Crippen LogP contribution in [0.2, 0.25) is 0 Å². The van der Waals surface area contributed by atoms with Gasteiger partial charge in [0.25, 0.3) is 0 Å². The maximum Gasteiger partial charge on any atom is 0.0518 e. The quantitative estimate of drug-likeness (QED) is 0.670. The van der Waals surface area contributed by atoms with Crippen LogP contribution in [0.25, 0.3) is 10.9 Å². The zero-order chi connectivity index (χ0) is 17.0. The molecule has 0 radical (unpaired) electrons. The van der Waals surface area contributed by atoms with Gasteiger partial charge < -0.3 is 9.47 Å². The third-order valence-electron chi connectivity index (χ3n) is 6.10. The number of aryl methyl sites for hydroxylation is 2. The molecule has 128 valence electrons. The van der Waals surface area contributed by atoms with E-state index in [1.807, 2.05) is 12.4 Å². The molecule has 1 atom stereocenters. The predicted molar refractivity (Wildman–Crippen MR) is 102 cm³/mol. The Morgan fingerprint density at radius 3 is 2.80 bits per heavy atom. The van der Waals surface area contributed by atoms with Crippen molar-refractivity contribution in [3.63, 3.8) is 0 Å². The Kier molecular flexibility index (Phi) is 3.46. The lowest BCUT2D eigenvalue weighted by Gasteiger charge is -2.25. The molecule has 3 aromatic rings. The second-order valence-electron chi connectivity index (χ2n) is 7.86. The number of hydrogen-bond acceptors (Lipinski definition) is 2. The number of pyridine rings is 1. The van der Waals surface area contributed by atoms with Gasteiger partial charge in [0.1, 0.15) is 0 Å². The van der Waals surface area contributed by atoms with Crippen LogP contribution < -0.4 is 0 Å². The van der Waals surface area contributed by atoms with Crippen LogP contribution in [-0.2, 0) is 25.9 Å². The van der Waals surface area contributed by atoms with Gasteiger partial charge in [0.05, 0.1) is 5.52 Å². The van der Waals surface area contributed by atoms with Gasteiger partial charge in [0.2, 0.25) is 0 Å². The second kappa shape index (κ2) is 5.70. The first kappa shape index (κ1) is 15.2. The van der Waals surface area contributed by atoms with Crippen molar-refractivity contribution in [3.8, 4) is 0 Å². The van der Waals surface area contributed by atoms with Crippen LogP contribution in [0.1, 0.15) is 40.3 Å². The Morgan fingerprint density at radius 2 is 1.96 bits per heavy atom. The summed E-state index contributed by atoms with van der Waals surface area (Å²) in [6.45, 7) is 5.60. The second-order valence-corrected chi connectivity index (χ2v) is 7.86. The lowest BCUT2D eigenvalue weighted by atomic mass is 9.92. The highest BCUT2D eigenvalue weighted by Gasteiger charge is 2.28. The summed E-state index contributed by atoms with van der Waals surface area (Å²) < 4.78 is 2.67. The molecule has 0 N–H and O–H groups in total. The van der Waals surface area contributed by atoms with Gasteiger partial charge in [0.15, 0.2) is 0 Å².